The van der Waals surface area contributed by atoms with Gasteiger partial charge in [-0.3, -0.25) is 14.4 Å². The van der Waals surface area contributed by atoms with Gasteiger partial charge in [0.1, 0.15) is 28.8 Å². The zero-order valence-corrected chi connectivity index (χ0v) is 20.7. The second-order valence-corrected chi connectivity index (χ2v) is 8.48. The summed E-state index contributed by atoms with van der Waals surface area (Å²) >= 11 is 0. The Balaban J connectivity index is 1.50. The van der Waals surface area contributed by atoms with Crippen LogP contribution in [0.2, 0.25) is 0 Å². The average molecular weight is 531 g/mol. The fourth-order valence-electron chi connectivity index (χ4n) is 3.85. The Labute approximate surface area is 222 Å². The van der Waals surface area contributed by atoms with E-state index in [9.17, 15) is 19.2 Å². The van der Waals surface area contributed by atoms with Gasteiger partial charge in [-0.05, 0) is 55.3 Å². The molecule has 0 saturated carbocycles. The van der Waals surface area contributed by atoms with Crippen LogP contribution in [-0.2, 0) is 16.1 Å². The lowest BCUT2D eigenvalue weighted by atomic mass is 10.1. The minimum absolute atomic E-state index is 0.0309. The zero-order valence-electron chi connectivity index (χ0n) is 20.7. The molecule has 0 radical (unpaired) electrons. The van der Waals surface area contributed by atoms with Crippen molar-refractivity contribution in [3.63, 3.8) is 0 Å². The lowest BCUT2D eigenvalue weighted by Crippen LogP contribution is -2.44. The first-order chi connectivity index (χ1) is 18.8. The largest absolute Gasteiger partial charge is 0.465 e. The van der Waals surface area contributed by atoms with Crippen molar-refractivity contribution in [2.45, 2.75) is 25.4 Å². The number of imidazole rings is 1. The van der Waals surface area contributed by atoms with Gasteiger partial charge in [0, 0.05) is 6.20 Å². The Morgan fingerprint density at radius 1 is 1.10 bits per heavy atom. The molecule has 200 valence electrons. The lowest BCUT2D eigenvalue weighted by Gasteiger charge is -2.16. The first kappa shape index (κ1) is 26.7. The summed E-state index contributed by atoms with van der Waals surface area (Å²) in [5.74, 6) is 0.333. The second-order valence-electron chi connectivity index (χ2n) is 8.48. The van der Waals surface area contributed by atoms with E-state index >= 15 is 0 Å². The predicted octanol–water partition coefficient (Wildman–Crippen LogP) is 2.96. The lowest BCUT2D eigenvalue weighted by molar-refractivity contribution is -0.118. The molecule has 4 rings (SSSR count). The minimum atomic E-state index is -1.40. The van der Waals surface area contributed by atoms with Crippen LogP contribution in [-0.4, -0.2) is 43.6 Å². The van der Waals surface area contributed by atoms with Crippen molar-refractivity contribution < 1.29 is 24.2 Å². The van der Waals surface area contributed by atoms with E-state index in [1.54, 1.807) is 18.3 Å². The number of aromatic amines is 1. The van der Waals surface area contributed by atoms with Crippen LogP contribution in [0.5, 0.6) is 11.5 Å². The van der Waals surface area contributed by atoms with Gasteiger partial charge in [0.05, 0.1) is 12.1 Å². The van der Waals surface area contributed by atoms with Gasteiger partial charge < -0.3 is 35.8 Å². The molecule has 2 aromatic carbocycles. The number of fused-ring (bicyclic) bond motifs is 1. The van der Waals surface area contributed by atoms with Crippen LogP contribution in [0.15, 0.2) is 83.8 Å². The van der Waals surface area contributed by atoms with Crippen molar-refractivity contribution in [2.75, 3.05) is 5.32 Å². The maximum absolute atomic E-state index is 13.1. The van der Waals surface area contributed by atoms with Gasteiger partial charge in [0.25, 0.3) is 5.56 Å². The number of amides is 3. The van der Waals surface area contributed by atoms with Crippen LogP contribution < -0.4 is 26.7 Å². The van der Waals surface area contributed by atoms with Gasteiger partial charge >= 0.3 is 6.09 Å². The number of allylic oxidation sites excluding steroid dienone is 1. The molecule has 1 atom stereocenters. The summed E-state index contributed by atoms with van der Waals surface area (Å²) in [5.41, 5.74) is 5.82. The standard InChI is InChI=1S/C27H26N6O6/c28-22(34)14-5-4-10-19(31-27(37)38)25(35)30-20-12-7-15-33(26(20)36)16-23-29-18-11-6-13-21(24(18)32-23)39-17-8-2-1-3-9-17/h1-3,5-9,11-15,19,31H,4,10,16H2,(H2,28,34)(H,29,32)(H,30,35)(H,37,38)/b14-5+/t19-/m0/s1. The van der Waals surface area contributed by atoms with Crippen LogP contribution >= 0.6 is 0 Å². The minimum Gasteiger partial charge on any atom is -0.465 e. The van der Waals surface area contributed by atoms with E-state index in [2.05, 4.69) is 20.6 Å². The molecule has 2 heterocycles. The molecule has 12 heteroatoms. The number of anilines is 1. The molecule has 0 spiro atoms. The molecule has 6 N–H and O–H groups in total. The number of hydrogen-bond donors (Lipinski definition) is 5. The van der Waals surface area contributed by atoms with Gasteiger partial charge in [0.2, 0.25) is 11.8 Å². The van der Waals surface area contributed by atoms with E-state index in [4.69, 9.17) is 15.6 Å². The summed E-state index contributed by atoms with van der Waals surface area (Å²) in [6.07, 6.45) is 2.97. The third-order valence-electron chi connectivity index (χ3n) is 5.61. The maximum Gasteiger partial charge on any atom is 0.405 e. The topological polar surface area (TPSA) is 181 Å². The molecular formula is C27H26N6O6. The van der Waals surface area contributed by atoms with Crippen LogP contribution in [0, 0.1) is 0 Å². The normalized spacial score (nSPS) is 11.8. The third-order valence-corrected chi connectivity index (χ3v) is 5.61. The van der Waals surface area contributed by atoms with Crippen LogP contribution in [0.1, 0.15) is 18.7 Å². The van der Waals surface area contributed by atoms with Gasteiger partial charge in [-0.1, -0.05) is 30.3 Å². The highest BCUT2D eigenvalue weighted by Crippen LogP contribution is 2.28. The van der Waals surface area contributed by atoms with Gasteiger partial charge in [-0.2, -0.15) is 0 Å². The van der Waals surface area contributed by atoms with E-state index in [1.165, 1.54) is 16.7 Å². The van der Waals surface area contributed by atoms with Crippen molar-refractivity contribution in [1.82, 2.24) is 19.9 Å². The van der Waals surface area contributed by atoms with E-state index in [0.29, 0.717) is 22.8 Å². The Hall–Kier alpha value is -5.39. The van der Waals surface area contributed by atoms with Crippen LogP contribution in [0.3, 0.4) is 0 Å². The number of ether oxygens (including phenoxy) is 1. The van der Waals surface area contributed by atoms with Crippen LogP contribution in [0.4, 0.5) is 10.5 Å². The maximum atomic E-state index is 13.1. The van der Waals surface area contributed by atoms with E-state index < -0.39 is 29.5 Å². The number of nitrogens with zero attached hydrogens (tertiary/aromatic N) is 2. The monoisotopic (exact) mass is 530 g/mol. The first-order valence-electron chi connectivity index (χ1n) is 12.0. The fourth-order valence-corrected chi connectivity index (χ4v) is 3.85. The molecular weight excluding hydrogens is 504 g/mol. The number of nitrogens with one attached hydrogen (secondary N) is 3. The summed E-state index contributed by atoms with van der Waals surface area (Å²) in [6, 6.07) is 16.6. The van der Waals surface area contributed by atoms with Gasteiger partial charge in [-0.15, -0.1) is 0 Å². The summed E-state index contributed by atoms with van der Waals surface area (Å²) in [7, 11) is 0. The average Bonchev–Trinajstić information content (AvgIpc) is 3.32. The Kier molecular flexibility index (Phi) is 8.36. The number of carboxylic acid groups (broad SMARTS) is 1. The van der Waals surface area contributed by atoms with Crippen molar-refractivity contribution >= 4 is 34.6 Å². The number of primary amides is 1. The van der Waals surface area contributed by atoms with Gasteiger partial charge in [-0.25, -0.2) is 9.78 Å². The van der Waals surface area contributed by atoms with E-state index in [0.717, 1.165) is 11.6 Å². The van der Waals surface area contributed by atoms with Crippen molar-refractivity contribution in [1.29, 1.82) is 0 Å². The summed E-state index contributed by atoms with van der Waals surface area (Å²) in [5, 5.41) is 13.7. The molecule has 0 saturated heterocycles. The molecule has 12 nitrogen and oxygen atoms in total. The molecule has 3 amide bonds. The Morgan fingerprint density at radius 3 is 2.64 bits per heavy atom. The number of pyridine rings is 1. The highest BCUT2D eigenvalue weighted by molar-refractivity contribution is 5.96. The SMILES string of the molecule is NC(=O)/C=C/CC[C@H](NC(=O)O)C(=O)Nc1cccn(Cc2nc3c(Oc4ccccc4)cccc3[nH]2)c1=O. The molecule has 39 heavy (non-hydrogen) atoms. The Bertz CT molecular complexity index is 1580. The number of nitrogens with two attached hydrogens (primary N) is 1. The number of rotatable bonds is 11. The smallest absolute Gasteiger partial charge is 0.405 e. The molecule has 0 aliphatic heterocycles. The van der Waals surface area contributed by atoms with Gasteiger partial charge in [0.15, 0.2) is 5.75 Å². The number of para-hydroxylation sites is 2. The quantitative estimate of drug-likeness (QED) is 0.185. The van der Waals surface area contributed by atoms with Crippen LogP contribution in [0.25, 0.3) is 11.0 Å². The molecule has 0 aliphatic rings. The van der Waals surface area contributed by atoms with Crippen molar-refractivity contribution in [3.05, 3.63) is 95.2 Å². The fraction of sp³-hybridized carbons (Fsp3) is 0.148. The number of benzene rings is 2. The Morgan fingerprint density at radius 2 is 1.90 bits per heavy atom. The highest BCUT2D eigenvalue weighted by atomic mass is 16.5. The molecule has 4 aromatic rings. The van der Waals surface area contributed by atoms with Crippen molar-refractivity contribution in [2.24, 2.45) is 5.73 Å². The van der Waals surface area contributed by atoms with Crippen molar-refractivity contribution in [3.8, 4) is 11.5 Å². The number of aromatic nitrogens is 3. The molecule has 0 bridgehead atoms. The number of H-pyrrole nitrogens is 1. The molecule has 0 fully saturated rings. The third kappa shape index (κ3) is 7.10. The number of carbonyl (C=O) groups excluding carboxylic acids is 2. The highest BCUT2D eigenvalue weighted by Gasteiger charge is 2.21. The molecule has 0 aliphatic carbocycles. The summed E-state index contributed by atoms with van der Waals surface area (Å²) < 4.78 is 7.33. The molecule has 0 unspecified atom stereocenters. The van der Waals surface area contributed by atoms with E-state index in [1.807, 2.05) is 42.5 Å². The predicted molar refractivity (Wildman–Crippen MR) is 144 cm³/mol. The second kappa shape index (κ2) is 12.2. The summed E-state index contributed by atoms with van der Waals surface area (Å²) in [4.78, 5) is 55.7. The van der Waals surface area contributed by atoms with E-state index in [-0.39, 0.29) is 25.1 Å². The first-order valence-corrected chi connectivity index (χ1v) is 12.0. The zero-order chi connectivity index (χ0) is 27.8. The molecule has 2 aromatic heterocycles. The summed E-state index contributed by atoms with van der Waals surface area (Å²) in [6.45, 7) is 0.0801. The number of carbonyl (C=O) groups is 3. The number of hydrogen-bond acceptors (Lipinski definition) is 6.